The number of nitrogens with one attached hydrogen (secondary N) is 1. The van der Waals surface area contributed by atoms with Crippen molar-refractivity contribution in [2.75, 3.05) is 13.1 Å². The maximum absolute atomic E-state index is 12.6. The van der Waals surface area contributed by atoms with Crippen molar-refractivity contribution in [2.24, 2.45) is 5.92 Å². The molecular formula is C26H34N2O4. The minimum atomic E-state index is -0.507. The second-order valence-electron chi connectivity index (χ2n) is 9.38. The summed E-state index contributed by atoms with van der Waals surface area (Å²) in [7, 11) is 0. The molecule has 0 aromatic heterocycles. The quantitative estimate of drug-likeness (QED) is 0.701. The monoisotopic (exact) mass is 438 g/mol. The molecule has 0 bridgehead atoms. The Morgan fingerprint density at radius 2 is 1.72 bits per heavy atom. The number of ether oxygens (including phenoxy) is 2. The zero-order valence-electron chi connectivity index (χ0n) is 19.5. The van der Waals surface area contributed by atoms with Crippen LogP contribution in [-0.2, 0) is 22.7 Å². The number of hydrogen-bond donors (Lipinski definition) is 1. The smallest absolute Gasteiger partial charge is 0.410 e. The molecule has 1 heterocycles. The molecule has 0 saturated carbocycles. The first-order valence-corrected chi connectivity index (χ1v) is 11.2. The summed E-state index contributed by atoms with van der Waals surface area (Å²) in [6.07, 6.45) is 0.995. The van der Waals surface area contributed by atoms with E-state index in [2.05, 4.69) is 30.4 Å². The van der Waals surface area contributed by atoms with Gasteiger partial charge < -0.3 is 19.7 Å². The van der Waals surface area contributed by atoms with Gasteiger partial charge in [0.2, 0.25) is 5.91 Å². The number of nitrogens with zero attached hydrogens (tertiary/aromatic N) is 1. The molecular weight excluding hydrogens is 404 g/mol. The van der Waals surface area contributed by atoms with E-state index in [1.807, 2.05) is 51.1 Å². The number of carbonyl (C=O) groups is 2. The maximum Gasteiger partial charge on any atom is 0.410 e. The number of benzene rings is 2. The SMILES string of the molecule is Cc1cccc(COc2ccc(CNC(=O)C3CCN(C(=O)OC(C)(C)C)CC3)cc2)c1. The van der Waals surface area contributed by atoms with Gasteiger partial charge in [0.05, 0.1) is 0 Å². The summed E-state index contributed by atoms with van der Waals surface area (Å²) in [5.74, 6) is 0.760. The summed E-state index contributed by atoms with van der Waals surface area (Å²) >= 11 is 0. The number of hydrogen-bond acceptors (Lipinski definition) is 4. The highest BCUT2D eigenvalue weighted by Gasteiger charge is 2.29. The fourth-order valence-corrected chi connectivity index (χ4v) is 3.66. The number of rotatable bonds is 6. The van der Waals surface area contributed by atoms with Crippen molar-refractivity contribution >= 4 is 12.0 Å². The largest absolute Gasteiger partial charge is 0.489 e. The summed E-state index contributed by atoms with van der Waals surface area (Å²) < 4.78 is 11.3. The summed E-state index contributed by atoms with van der Waals surface area (Å²) in [5, 5.41) is 3.02. The van der Waals surface area contributed by atoms with Gasteiger partial charge in [-0.1, -0.05) is 42.0 Å². The summed E-state index contributed by atoms with van der Waals surface area (Å²) in [4.78, 5) is 26.4. The number of aryl methyl sites for hydroxylation is 1. The predicted octanol–water partition coefficient (Wildman–Crippen LogP) is 4.84. The molecule has 6 nitrogen and oxygen atoms in total. The zero-order chi connectivity index (χ0) is 23.1. The third kappa shape index (κ3) is 7.29. The molecule has 2 amide bonds. The van der Waals surface area contributed by atoms with Crippen LogP contribution in [0.1, 0.15) is 50.3 Å². The van der Waals surface area contributed by atoms with Crippen molar-refractivity contribution in [3.63, 3.8) is 0 Å². The second-order valence-corrected chi connectivity index (χ2v) is 9.38. The van der Waals surface area contributed by atoms with Gasteiger partial charge in [0, 0.05) is 25.6 Å². The van der Waals surface area contributed by atoms with Crippen LogP contribution in [0.4, 0.5) is 4.79 Å². The van der Waals surface area contributed by atoms with Gasteiger partial charge in [0.15, 0.2) is 0 Å². The molecule has 1 fully saturated rings. The lowest BCUT2D eigenvalue weighted by Gasteiger charge is -2.32. The van der Waals surface area contributed by atoms with E-state index in [4.69, 9.17) is 9.47 Å². The standard InChI is InChI=1S/C26H34N2O4/c1-19-6-5-7-21(16-19)18-31-23-10-8-20(9-11-23)17-27-24(29)22-12-14-28(15-13-22)25(30)32-26(2,3)4/h5-11,16,22H,12-15,17-18H2,1-4H3,(H,27,29). The molecule has 32 heavy (non-hydrogen) atoms. The molecule has 1 aliphatic rings. The first kappa shape index (κ1) is 23.6. The maximum atomic E-state index is 12.6. The lowest BCUT2D eigenvalue weighted by atomic mass is 9.96. The minimum absolute atomic E-state index is 0.0358. The van der Waals surface area contributed by atoms with E-state index >= 15 is 0 Å². The fourth-order valence-electron chi connectivity index (χ4n) is 3.66. The third-order valence-corrected chi connectivity index (χ3v) is 5.40. The first-order valence-electron chi connectivity index (χ1n) is 11.2. The minimum Gasteiger partial charge on any atom is -0.489 e. The van der Waals surface area contributed by atoms with Gasteiger partial charge in [-0.05, 0) is 63.8 Å². The second kappa shape index (κ2) is 10.5. The Kier molecular flexibility index (Phi) is 7.78. The molecule has 2 aromatic carbocycles. The molecule has 1 saturated heterocycles. The molecule has 1 N–H and O–H groups in total. The third-order valence-electron chi connectivity index (χ3n) is 5.40. The Hall–Kier alpha value is -3.02. The number of carbonyl (C=O) groups excluding carboxylic acids is 2. The van der Waals surface area contributed by atoms with Crippen LogP contribution in [0.5, 0.6) is 5.75 Å². The fraction of sp³-hybridized carbons (Fsp3) is 0.462. The Labute approximate surface area is 190 Å². The lowest BCUT2D eigenvalue weighted by molar-refractivity contribution is -0.126. The Balaban J connectivity index is 1.40. The van der Waals surface area contributed by atoms with Crippen LogP contribution < -0.4 is 10.1 Å². The van der Waals surface area contributed by atoms with Crippen LogP contribution in [0.3, 0.4) is 0 Å². The highest BCUT2D eigenvalue weighted by molar-refractivity contribution is 5.79. The van der Waals surface area contributed by atoms with Crippen LogP contribution in [-0.4, -0.2) is 35.6 Å². The Morgan fingerprint density at radius 3 is 2.34 bits per heavy atom. The molecule has 2 aromatic rings. The average Bonchev–Trinajstić information content (AvgIpc) is 2.76. The van der Waals surface area contributed by atoms with Gasteiger partial charge in [-0.25, -0.2) is 4.79 Å². The van der Waals surface area contributed by atoms with Gasteiger partial charge >= 0.3 is 6.09 Å². The molecule has 6 heteroatoms. The van der Waals surface area contributed by atoms with Gasteiger partial charge in [-0.15, -0.1) is 0 Å². The van der Waals surface area contributed by atoms with Crippen molar-refractivity contribution in [3.05, 3.63) is 65.2 Å². The predicted molar refractivity (Wildman–Crippen MR) is 124 cm³/mol. The van der Waals surface area contributed by atoms with Gasteiger partial charge in [0.1, 0.15) is 18.0 Å². The van der Waals surface area contributed by atoms with Crippen molar-refractivity contribution in [1.29, 1.82) is 0 Å². The normalized spacial score (nSPS) is 14.7. The molecule has 0 atom stereocenters. The highest BCUT2D eigenvalue weighted by Crippen LogP contribution is 2.20. The summed E-state index contributed by atoms with van der Waals surface area (Å²) in [6, 6.07) is 16.1. The van der Waals surface area contributed by atoms with E-state index in [0.29, 0.717) is 39.1 Å². The van der Waals surface area contributed by atoms with E-state index in [0.717, 1.165) is 16.9 Å². The van der Waals surface area contributed by atoms with Crippen LogP contribution in [0.15, 0.2) is 48.5 Å². The zero-order valence-corrected chi connectivity index (χ0v) is 19.5. The van der Waals surface area contributed by atoms with Crippen LogP contribution in [0.25, 0.3) is 0 Å². The van der Waals surface area contributed by atoms with Gasteiger partial charge in [-0.3, -0.25) is 4.79 Å². The molecule has 0 spiro atoms. The Bertz CT molecular complexity index is 910. The van der Waals surface area contributed by atoms with Crippen molar-refractivity contribution < 1.29 is 19.1 Å². The van der Waals surface area contributed by atoms with Crippen molar-refractivity contribution in [1.82, 2.24) is 10.2 Å². The number of likely N-dealkylation sites (tertiary alicyclic amines) is 1. The van der Waals surface area contributed by atoms with E-state index in [1.165, 1.54) is 5.56 Å². The lowest BCUT2D eigenvalue weighted by Crippen LogP contribution is -2.44. The summed E-state index contributed by atoms with van der Waals surface area (Å²) in [6.45, 7) is 9.72. The topological polar surface area (TPSA) is 67.9 Å². The summed E-state index contributed by atoms with van der Waals surface area (Å²) in [5.41, 5.74) is 2.87. The highest BCUT2D eigenvalue weighted by atomic mass is 16.6. The molecule has 0 radical (unpaired) electrons. The average molecular weight is 439 g/mol. The molecule has 172 valence electrons. The van der Waals surface area contributed by atoms with Crippen LogP contribution in [0.2, 0.25) is 0 Å². The first-order chi connectivity index (χ1) is 15.2. The molecule has 1 aliphatic heterocycles. The van der Waals surface area contributed by atoms with E-state index in [-0.39, 0.29) is 17.9 Å². The van der Waals surface area contributed by atoms with E-state index in [1.54, 1.807) is 4.90 Å². The van der Waals surface area contributed by atoms with Gasteiger partial charge in [-0.2, -0.15) is 0 Å². The molecule has 0 aliphatic carbocycles. The molecule has 0 unspecified atom stereocenters. The van der Waals surface area contributed by atoms with Crippen molar-refractivity contribution in [2.45, 2.75) is 59.3 Å². The number of piperidine rings is 1. The molecule has 3 rings (SSSR count). The van der Waals surface area contributed by atoms with Crippen LogP contribution in [0, 0.1) is 12.8 Å². The van der Waals surface area contributed by atoms with E-state index < -0.39 is 5.60 Å². The van der Waals surface area contributed by atoms with Gasteiger partial charge in [0.25, 0.3) is 0 Å². The number of amides is 2. The Morgan fingerprint density at radius 1 is 1.03 bits per heavy atom. The van der Waals surface area contributed by atoms with Crippen LogP contribution >= 0.6 is 0 Å². The van der Waals surface area contributed by atoms with E-state index in [9.17, 15) is 9.59 Å². The van der Waals surface area contributed by atoms with Crippen molar-refractivity contribution in [3.8, 4) is 5.75 Å².